The average molecular weight is 396 g/mol. The molecule has 2 rings (SSSR count). The monoisotopic (exact) mass is 396 g/mol. The van der Waals surface area contributed by atoms with E-state index in [1.165, 1.54) is 24.3 Å². The molecule has 1 atom stereocenters. The molecule has 2 aromatic carbocycles. The number of thioether (sulfide) groups is 1. The maximum absolute atomic E-state index is 13.5. The van der Waals surface area contributed by atoms with Gasteiger partial charge in [0.1, 0.15) is 16.9 Å². The van der Waals surface area contributed by atoms with Gasteiger partial charge < -0.3 is 10.1 Å². The number of carbonyl (C=O) groups excluding carboxylic acids is 2. The number of nitro benzene ring substituents is 1. The van der Waals surface area contributed by atoms with E-state index in [0.717, 1.165) is 23.9 Å². The van der Waals surface area contributed by atoms with Gasteiger partial charge in [0.25, 0.3) is 11.6 Å². The van der Waals surface area contributed by atoms with Crippen molar-refractivity contribution in [3.05, 3.63) is 64.2 Å². The van der Waals surface area contributed by atoms with Crippen molar-refractivity contribution in [2.24, 2.45) is 0 Å². The highest BCUT2D eigenvalue weighted by molar-refractivity contribution is 8.00. The van der Waals surface area contributed by atoms with Gasteiger partial charge in [0, 0.05) is 23.1 Å². The van der Waals surface area contributed by atoms with Crippen LogP contribution in [0.1, 0.15) is 6.92 Å². The first kappa shape index (κ1) is 20.3. The number of benzene rings is 2. The van der Waals surface area contributed by atoms with Crippen LogP contribution in [0.5, 0.6) is 0 Å². The number of ether oxygens (including phenoxy) is 1. The van der Waals surface area contributed by atoms with Crippen LogP contribution in [-0.4, -0.2) is 28.7 Å². The van der Waals surface area contributed by atoms with Crippen molar-refractivity contribution < 1.29 is 28.0 Å². The van der Waals surface area contributed by atoms with Gasteiger partial charge in [0.05, 0.1) is 10.6 Å². The molecule has 0 radical (unpaired) electrons. The van der Waals surface area contributed by atoms with Gasteiger partial charge in [-0.1, -0.05) is 0 Å². The van der Waals surface area contributed by atoms with E-state index in [1.54, 1.807) is 6.92 Å². The summed E-state index contributed by atoms with van der Waals surface area (Å²) >= 11 is 1.10. The van der Waals surface area contributed by atoms with Gasteiger partial charge in [-0.3, -0.25) is 19.7 Å². The number of amides is 1. The number of carbonyl (C=O) groups is 2. The van der Waals surface area contributed by atoms with Crippen molar-refractivity contribution >= 4 is 35.0 Å². The predicted molar refractivity (Wildman–Crippen MR) is 94.4 cm³/mol. The fourth-order valence-electron chi connectivity index (χ4n) is 1.93. The third-order valence-corrected chi connectivity index (χ3v) is 4.33. The molecule has 0 aliphatic carbocycles. The Morgan fingerprint density at radius 3 is 2.48 bits per heavy atom. The molecule has 0 heterocycles. The maximum Gasteiger partial charge on any atom is 0.319 e. The molecule has 1 N–H and O–H groups in total. The molecule has 1 amide bonds. The molecule has 7 nitrogen and oxygen atoms in total. The Morgan fingerprint density at radius 2 is 1.89 bits per heavy atom. The quantitative estimate of drug-likeness (QED) is 0.333. The maximum atomic E-state index is 13.5. The van der Waals surface area contributed by atoms with E-state index in [4.69, 9.17) is 4.74 Å². The van der Waals surface area contributed by atoms with Gasteiger partial charge in [-0.2, -0.15) is 0 Å². The lowest BCUT2D eigenvalue weighted by Gasteiger charge is -2.11. The summed E-state index contributed by atoms with van der Waals surface area (Å²) in [6, 6.07) is 8.26. The van der Waals surface area contributed by atoms with E-state index in [2.05, 4.69) is 5.32 Å². The highest BCUT2D eigenvalue weighted by Crippen LogP contribution is 2.26. The molecule has 142 valence electrons. The number of halogens is 2. The molecule has 0 saturated heterocycles. The summed E-state index contributed by atoms with van der Waals surface area (Å²) in [7, 11) is 0. The molecule has 0 fully saturated rings. The largest absolute Gasteiger partial charge is 0.455 e. The summed E-state index contributed by atoms with van der Waals surface area (Å²) in [6.07, 6.45) is 0. The van der Waals surface area contributed by atoms with Crippen molar-refractivity contribution in [2.45, 2.75) is 17.1 Å². The van der Waals surface area contributed by atoms with Crippen LogP contribution in [0.25, 0.3) is 0 Å². The standard InChI is InChI=1S/C17H14F2N2O5S/c1-10(27-13-5-3-12(4-6-13)21(24)25)17(23)26-9-16(22)20-15-7-2-11(18)8-14(15)19/h2-8,10H,9H2,1H3,(H,20,22)/t10-/m0/s1. The van der Waals surface area contributed by atoms with Crippen molar-refractivity contribution in [1.82, 2.24) is 0 Å². The molecule has 0 aromatic heterocycles. The molecule has 0 saturated carbocycles. The van der Waals surface area contributed by atoms with Crippen LogP contribution in [0.3, 0.4) is 0 Å². The van der Waals surface area contributed by atoms with Crippen molar-refractivity contribution in [3.63, 3.8) is 0 Å². The van der Waals surface area contributed by atoms with Crippen molar-refractivity contribution in [1.29, 1.82) is 0 Å². The third kappa shape index (κ3) is 6.03. The third-order valence-electron chi connectivity index (χ3n) is 3.24. The van der Waals surface area contributed by atoms with Crippen LogP contribution in [0.2, 0.25) is 0 Å². The van der Waals surface area contributed by atoms with E-state index >= 15 is 0 Å². The Balaban J connectivity index is 1.83. The van der Waals surface area contributed by atoms with Crippen LogP contribution in [0.15, 0.2) is 47.4 Å². The predicted octanol–water partition coefficient (Wildman–Crippen LogP) is 3.54. The van der Waals surface area contributed by atoms with E-state index in [1.807, 2.05) is 0 Å². The molecule has 0 unspecified atom stereocenters. The highest BCUT2D eigenvalue weighted by Gasteiger charge is 2.18. The number of esters is 1. The number of rotatable bonds is 7. The summed E-state index contributed by atoms with van der Waals surface area (Å²) < 4.78 is 31.1. The average Bonchev–Trinajstić information content (AvgIpc) is 2.62. The topological polar surface area (TPSA) is 98.5 Å². The summed E-state index contributed by atoms with van der Waals surface area (Å²) in [5, 5.41) is 12.1. The summed E-state index contributed by atoms with van der Waals surface area (Å²) in [5.74, 6) is -3.19. The highest BCUT2D eigenvalue weighted by atomic mass is 32.2. The minimum Gasteiger partial charge on any atom is -0.455 e. The Hall–Kier alpha value is -3.01. The Bertz CT molecular complexity index is 861. The van der Waals surface area contributed by atoms with E-state index in [0.29, 0.717) is 11.0 Å². The van der Waals surface area contributed by atoms with Crippen LogP contribution in [0, 0.1) is 21.7 Å². The normalized spacial score (nSPS) is 11.5. The Morgan fingerprint density at radius 1 is 1.22 bits per heavy atom. The van der Waals surface area contributed by atoms with Gasteiger partial charge in [-0.25, -0.2) is 8.78 Å². The number of nitro groups is 1. The fourth-order valence-corrected chi connectivity index (χ4v) is 2.80. The lowest BCUT2D eigenvalue weighted by molar-refractivity contribution is -0.384. The first-order valence-corrected chi connectivity index (χ1v) is 8.47. The minimum absolute atomic E-state index is 0.0701. The van der Waals surface area contributed by atoms with Gasteiger partial charge >= 0.3 is 5.97 Å². The molecular weight excluding hydrogens is 382 g/mol. The first-order chi connectivity index (χ1) is 12.8. The minimum atomic E-state index is -0.947. The lowest BCUT2D eigenvalue weighted by atomic mass is 10.3. The zero-order valence-corrected chi connectivity index (χ0v) is 14.8. The van der Waals surface area contributed by atoms with Crippen LogP contribution < -0.4 is 5.32 Å². The summed E-state index contributed by atoms with van der Waals surface area (Å²) in [4.78, 5) is 34.3. The summed E-state index contributed by atoms with van der Waals surface area (Å²) in [6.45, 7) is 0.909. The van der Waals surface area contributed by atoms with E-state index in [-0.39, 0.29) is 11.4 Å². The second-order valence-corrected chi connectivity index (χ2v) is 6.71. The zero-order valence-electron chi connectivity index (χ0n) is 14.0. The number of nitrogens with one attached hydrogen (secondary N) is 1. The van der Waals surface area contributed by atoms with Gasteiger partial charge in [-0.15, -0.1) is 11.8 Å². The fraction of sp³-hybridized carbons (Fsp3) is 0.176. The number of hydrogen-bond donors (Lipinski definition) is 1. The number of anilines is 1. The lowest BCUT2D eigenvalue weighted by Crippen LogP contribution is -2.25. The molecule has 27 heavy (non-hydrogen) atoms. The second-order valence-electron chi connectivity index (χ2n) is 5.29. The SMILES string of the molecule is C[C@H](Sc1ccc([N+](=O)[O-])cc1)C(=O)OCC(=O)Nc1ccc(F)cc1F. The van der Waals surface area contributed by atoms with E-state index in [9.17, 15) is 28.5 Å². The van der Waals surface area contributed by atoms with Crippen LogP contribution in [0.4, 0.5) is 20.2 Å². The molecule has 2 aromatic rings. The Labute approximate surface area is 156 Å². The molecule has 10 heteroatoms. The molecule has 0 aliphatic heterocycles. The summed E-state index contributed by atoms with van der Waals surface area (Å²) in [5.41, 5.74) is -0.301. The van der Waals surface area contributed by atoms with Crippen molar-refractivity contribution in [3.8, 4) is 0 Å². The van der Waals surface area contributed by atoms with Crippen LogP contribution >= 0.6 is 11.8 Å². The number of nitrogens with zero attached hydrogens (tertiary/aromatic N) is 1. The van der Waals surface area contributed by atoms with Gasteiger partial charge in [-0.05, 0) is 31.2 Å². The van der Waals surface area contributed by atoms with Gasteiger partial charge in [0.2, 0.25) is 0 Å². The smallest absolute Gasteiger partial charge is 0.319 e. The zero-order chi connectivity index (χ0) is 20.0. The van der Waals surface area contributed by atoms with Crippen LogP contribution in [-0.2, 0) is 14.3 Å². The first-order valence-electron chi connectivity index (χ1n) is 7.59. The molecule has 0 bridgehead atoms. The molecular formula is C17H14F2N2O5S. The van der Waals surface area contributed by atoms with E-state index < -0.39 is 40.3 Å². The number of hydrogen-bond acceptors (Lipinski definition) is 6. The second kappa shape index (κ2) is 9.08. The molecule has 0 aliphatic rings. The Kier molecular flexibility index (Phi) is 6.83. The molecule has 0 spiro atoms. The van der Waals surface area contributed by atoms with Gasteiger partial charge in [0.15, 0.2) is 6.61 Å². The number of non-ortho nitro benzene ring substituents is 1. The van der Waals surface area contributed by atoms with Crippen molar-refractivity contribution in [2.75, 3.05) is 11.9 Å².